The van der Waals surface area contributed by atoms with Gasteiger partial charge < -0.3 is 0 Å². The van der Waals surface area contributed by atoms with Gasteiger partial charge in [0.1, 0.15) is 0 Å². The lowest BCUT2D eigenvalue weighted by Crippen LogP contribution is -1.90. The van der Waals surface area contributed by atoms with Gasteiger partial charge >= 0.3 is 0 Å². The Balaban J connectivity index is 1.13. The smallest absolute Gasteiger partial charge is 0.0565 e. The predicted molar refractivity (Wildman–Crippen MR) is 213 cm³/mol. The Hall–Kier alpha value is -6.73. The molecule has 0 unspecified atom stereocenters. The lowest BCUT2D eigenvalue weighted by Gasteiger charge is -2.16. The summed E-state index contributed by atoms with van der Waals surface area (Å²) in [5, 5.41) is 12.4. The number of allylic oxidation sites excluding steroid dienone is 5. The summed E-state index contributed by atoms with van der Waals surface area (Å²) in [6.45, 7) is 0. The van der Waals surface area contributed by atoms with Crippen LogP contribution in [0.1, 0.15) is 17.5 Å². The Bertz CT molecular complexity index is 2860. The van der Waals surface area contributed by atoms with Gasteiger partial charge in [-0.15, -0.1) is 5.73 Å². The van der Waals surface area contributed by atoms with Crippen LogP contribution < -0.4 is 0 Å². The molecular weight excluding hydrogens is 617 g/mol. The molecule has 51 heavy (non-hydrogen) atoms. The van der Waals surface area contributed by atoms with Crippen molar-refractivity contribution in [2.45, 2.75) is 6.42 Å². The highest BCUT2D eigenvalue weighted by Gasteiger charge is 2.25. The van der Waals surface area contributed by atoms with Crippen molar-refractivity contribution in [3.8, 4) is 66.8 Å². The molecule has 0 spiro atoms. The minimum absolute atomic E-state index is 0.878. The molecule has 11 rings (SSSR count). The third-order valence-electron chi connectivity index (χ3n) is 11.0. The number of hydrogen-bond acceptors (Lipinski definition) is 1. The van der Waals surface area contributed by atoms with E-state index in [1.807, 2.05) is 18.5 Å². The van der Waals surface area contributed by atoms with Crippen molar-refractivity contribution in [3.05, 3.63) is 181 Å². The molecule has 1 aromatic heterocycles. The van der Waals surface area contributed by atoms with Gasteiger partial charge in [0.2, 0.25) is 0 Å². The number of rotatable bonds is 4. The van der Waals surface area contributed by atoms with E-state index in [9.17, 15) is 0 Å². The second-order valence-electron chi connectivity index (χ2n) is 13.7. The summed E-state index contributed by atoms with van der Waals surface area (Å²) < 4.78 is 0. The van der Waals surface area contributed by atoms with Crippen LogP contribution in [0.5, 0.6) is 0 Å². The lowest BCUT2D eigenvalue weighted by atomic mass is 9.87. The molecule has 8 aromatic rings. The van der Waals surface area contributed by atoms with Gasteiger partial charge in [-0.1, -0.05) is 121 Å². The monoisotopic (exact) mass is 646 g/mol. The van der Waals surface area contributed by atoms with Gasteiger partial charge in [0, 0.05) is 11.8 Å². The molecule has 2 nitrogen and oxygen atoms in total. The molecule has 0 bridgehead atoms. The van der Waals surface area contributed by atoms with Crippen molar-refractivity contribution < 1.29 is 0 Å². The van der Waals surface area contributed by atoms with E-state index in [0.717, 1.165) is 17.5 Å². The average molecular weight is 647 g/mol. The zero-order valence-electron chi connectivity index (χ0n) is 27.7. The highest BCUT2D eigenvalue weighted by molar-refractivity contribution is 6.20. The van der Waals surface area contributed by atoms with Crippen LogP contribution in [-0.4, -0.2) is 10.2 Å². The average Bonchev–Trinajstić information content (AvgIpc) is 3.90. The molecular formula is C49H30N2. The number of nitrogens with one attached hydrogen (secondary N) is 1. The quantitative estimate of drug-likeness (QED) is 0.189. The summed E-state index contributed by atoms with van der Waals surface area (Å²) in [5.41, 5.74) is 23.5. The van der Waals surface area contributed by atoms with Crippen molar-refractivity contribution in [2.24, 2.45) is 0 Å². The fraction of sp³-hybridized carbons (Fsp3) is 0.0204. The minimum Gasteiger partial charge on any atom is -0.285 e. The topological polar surface area (TPSA) is 28.7 Å². The van der Waals surface area contributed by atoms with Crippen LogP contribution in [0.4, 0.5) is 0 Å². The molecule has 3 aliphatic carbocycles. The van der Waals surface area contributed by atoms with Gasteiger partial charge in [-0.25, -0.2) is 0 Å². The number of hydrogen-bond donors (Lipinski definition) is 1. The standard InChI is InChI=1S/C49H30N2/c1-2-4-10-40-38(9-3-1)44-15-7-13-42-36(21-23-46(40)48(42)44)33-25-32(30-17-19-31(20-18-30)35-28-50-51-29-35)26-34(27-33)37-22-24-47-41-12-6-5-11-39(41)45-16-8-14-43(37)49(45)47/h1,3-9,11-29H,10H2,(H,50,51)/b9-3-. The molecule has 0 radical (unpaired) electrons. The van der Waals surface area contributed by atoms with E-state index in [4.69, 9.17) is 0 Å². The van der Waals surface area contributed by atoms with Gasteiger partial charge in [-0.2, -0.15) is 5.10 Å². The summed E-state index contributed by atoms with van der Waals surface area (Å²) in [5.74, 6) is 0. The normalized spacial score (nSPS) is 14.2. The zero-order chi connectivity index (χ0) is 33.5. The molecule has 2 heteroatoms. The van der Waals surface area contributed by atoms with Gasteiger partial charge in [0.05, 0.1) is 6.20 Å². The van der Waals surface area contributed by atoms with Gasteiger partial charge in [0.25, 0.3) is 0 Å². The predicted octanol–water partition coefficient (Wildman–Crippen LogP) is 12.9. The molecule has 3 aliphatic rings. The van der Waals surface area contributed by atoms with E-state index in [1.165, 1.54) is 99.5 Å². The van der Waals surface area contributed by atoms with Gasteiger partial charge in [-0.05, 0) is 142 Å². The fourth-order valence-electron chi connectivity index (χ4n) is 8.71. The Morgan fingerprint density at radius 2 is 1.08 bits per heavy atom. The Kier molecular flexibility index (Phi) is 6.01. The number of aromatic amines is 1. The number of benzene rings is 7. The van der Waals surface area contributed by atoms with Crippen LogP contribution in [0.15, 0.2) is 170 Å². The zero-order valence-corrected chi connectivity index (χ0v) is 27.7. The van der Waals surface area contributed by atoms with Crippen LogP contribution in [0.25, 0.3) is 99.5 Å². The summed E-state index contributed by atoms with van der Waals surface area (Å²) in [4.78, 5) is 0. The van der Waals surface area contributed by atoms with E-state index >= 15 is 0 Å². The molecule has 0 amide bonds. The lowest BCUT2D eigenvalue weighted by molar-refractivity contribution is 1.09. The van der Waals surface area contributed by atoms with Gasteiger partial charge in [-0.3, -0.25) is 5.10 Å². The molecule has 0 aliphatic heterocycles. The van der Waals surface area contributed by atoms with Crippen molar-refractivity contribution in [1.29, 1.82) is 0 Å². The van der Waals surface area contributed by atoms with Crippen LogP contribution in [-0.2, 0) is 0 Å². The Morgan fingerprint density at radius 3 is 1.78 bits per heavy atom. The Labute approximate surface area is 296 Å². The molecule has 1 heterocycles. The highest BCUT2D eigenvalue weighted by atomic mass is 15.1. The number of fused-ring (bicyclic) bond motifs is 5. The first-order chi connectivity index (χ1) is 25.3. The van der Waals surface area contributed by atoms with E-state index in [2.05, 4.69) is 162 Å². The molecule has 7 aromatic carbocycles. The van der Waals surface area contributed by atoms with Crippen LogP contribution in [0.2, 0.25) is 0 Å². The number of aromatic nitrogens is 2. The van der Waals surface area contributed by atoms with E-state index in [-0.39, 0.29) is 0 Å². The SMILES string of the molecule is C1=C/C=C\C2=C(CC=1)c1ccc(-c3cc(-c4ccc(-c5cn[nH]c5)cc4)cc(-c4ccc5c6c(cccc46)-c4ccccc4-5)c3)c3cccc2c13. The van der Waals surface area contributed by atoms with Gasteiger partial charge in [0.15, 0.2) is 0 Å². The van der Waals surface area contributed by atoms with E-state index in [1.54, 1.807) is 0 Å². The second-order valence-corrected chi connectivity index (χ2v) is 13.7. The summed E-state index contributed by atoms with van der Waals surface area (Å²) in [6.07, 6.45) is 13.2. The maximum Gasteiger partial charge on any atom is 0.0565 e. The van der Waals surface area contributed by atoms with E-state index < -0.39 is 0 Å². The Morgan fingerprint density at radius 1 is 0.490 bits per heavy atom. The number of H-pyrrole nitrogens is 1. The summed E-state index contributed by atoms with van der Waals surface area (Å²) in [7, 11) is 0. The maximum atomic E-state index is 4.16. The summed E-state index contributed by atoms with van der Waals surface area (Å²) >= 11 is 0. The third kappa shape index (κ3) is 4.21. The molecule has 0 fully saturated rings. The highest BCUT2D eigenvalue weighted by Crippen LogP contribution is 2.51. The summed E-state index contributed by atoms with van der Waals surface area (Å²) in [6, 6.07) is 47.8. The van der Waals surface area contributed by atoms with Crippen LogP contribution in [0, 0.1) is 0 Å². The van der Waals surface area contributed by atoms with Crippen molar-refractivity contribution in [1.82, 2.24) is 10.2 Å². The second kappa shape index (κ2) is 10.9. The molecule has 236 valence electrons. The molecule has 0 saturated heterocycles. The van der Waals surface area contributed by atoms with E-state index in [0.29, 0.717) is 0 Å². The third-order valence-corrected chi connectivity index (χ3v) is 11.0. The maximum absolute atomic E-state index is 4.16. The van der Waals surface area contributed by atoms with Crippen molar-refractivity contribution >= 4 is 32.7 Å². The first kappa shape index (κ1) is 28.1. The minimum atomic E-state index is 0.878. The van der Waals surface area contributed by atoms with Crippen molar-refractivity contribution in [2.75, 3.05) is 0 Å². The number of nitrogens with zero attached hydrogens (tertiary/aromatic N) is 1. The van der Waals surface area contributed by atoms with Crippen molar-refractivity contribution in [3.63, 3.8) is 0 Å². The largest absolute Gasteiger partial charge is 0.285 e. The van der Waals surface area contributed by atoms with Crippen LogP contribution in [0.3, 0.4) is 0 Å². The first-order valence-electron chi connectivity index (χ1n) is 17.6. The molecule has 0 atom stereocenters. The molecule has 0 saturated carbocycles. The fourth-order valence-corrected chi connectivity index (χ4v) is 8.71. The first-order valence-corrected chi connectivity index (χ1v) is 17.6. The molecule has 1 N–H and O–H groups in total. The van der Waals surface area contributed by atoms with Crippen LogP contribution >= 0.6 is 0 Å².